The number of hydrogen-bond acceptors (Lipinski definition) is 3. The number of rotatable bonds is 5. The second kappa shape index (κ2) is 8.14. The van der Waals surface area contributed by atoms with Crippen molar-refractivity contribution in [1.29, 1.82) is 5.26 Å². The second-order valence-electron chi connectivity index (χ2n) is 6.38. The molecule has 0 atom stereocenters. The van der Waals surface area contributed by atoms with Gasteiger partial charge in [0.25, 0.3) is 0 Å². The minimum absolute atomic E-state index is 0.0394. The van der Waals surface area contributed by atoms with Crippen molar-refractivity contribution in [2.75, 3.05) is 5.32 Å². The first-order valence-electron chi connectivity index (χ1n) is 7.44. The number of amides is 2. The normalized spacial score (nSPS) is 11.5. The summed E-state index contributed by atoms with van der Waals surface area (Å²) in [5.74, 6) is -0.492. The van der Waals surface area contributed by atoms with E-state index >= 15 is 0 Å². The van der Waals surface area contributed by atoms with Gasteiger partial charge in [-0.15, -0.1) is 0 Å². The first kappa shape index (κ1) is 18.4. The van der Waals surface area contributed by atoms with Crippen molar-refractivity contribution < 1.29 is 9.59 Å². The molecule has 2 N–H and O–H groups in total. The third kappa shape index (κ3) is 6.79. The summed E-state index contributed by atoms with van der Waals surface area (Å²) in [4.78, 5) is 23.3. The highest BCUT2D eigenvalue weighted by Crippen LogP contribution is 2.23. The Kier molecular flexibility index (Phi) is 6.52. The maximum atomic E-state index is 11.9. The molecule has 1 rings (SSSR count). The van der Waals surface area contributed by atoms with E-state index in [0.29, 0.717) is 12.2 Å². The van der Waals surface area contributed by atoms with E-state index in [0.717, 1.165) is 11.1 Å². The molecule has 0 saturated heterocycles. The van der Waals surface area contributed by atoms with Crippen molar-refractivity contribution in [3.05, 3.63) is 41.5 Å². The lowest BCUT2D eigenvalue weighted by Gasteiger charge is -2.19. The summed E-state index contributed by atoms with van der Waals surface area (Å²) in [6.07, 6.45) is 1.43. The molecule has 0 saturated carbocycles. The van der Waals surface area contributed by atoms with E-state index in [1.54, 1.807) is 30.3 Å². The van der Waals surface area contributed by atoms with E-state index in [-0.39, 0.29) is 23.7 Å². The quantitative estimate of drug-likeness (QED) is 0.819. The van der Waals surface area contributed by atoms with Crippen LogP contribution in [0.4, 0.5) is 5.69 Å². The molecule has 0 radical (unpaired) electrons. The molecule has 5 heteroatoms. The zero-order valence-electron chi connectivity index (χ0n) is 14.1. The summed E-state index contributed by atoms with van der Waals surface area (Å²) in [5, 5.41) is 13.9. The lowest BCUT2D eigenvalue weighted by molar-refractivity contribution is -0.117. The number of carbonyl (C=O) groups is 2. The standard InChI is InChI=1S/C18H23N3O2/c1-13(18(2,3)4)10-17(23)20-12-14-6-5-7-15(11-14)21-16(22)8-9-19/h5-7,10-11H,8,12H2,1-4H3,(H,20,23)(H,21,22)/b13-10+. The number of benzene rings is 1. The van der Waals surface area contributed by atoms with Crippen LogP contribution < -0.4 is 10.6 Å². The minimum Gasteiger partial charge on any atom is -0.348 e. The van der Waals surface area contributed by atoms with Crippen LogP contribution in [0.3, 0.4) is 0 Å². The van der Waals surface area contributed by atoms with Crippen molar-refractivity contribution in [3.8, 4) is 6.07 Å². The van der Waals surface area contributed by atoms with E-state index in [1.165, 1.54) is 0 Å². The molecule has 23 heavy (non-hydrogen) atoms. The molecule has 0 heterocycles. The van der Waals surface area contributed by atoms with Crippen LogP contribution in [-0.2, 0) is 16.1 Å². The van der Waals surface area contributed by atoms with Crippen LogP contribution in [0, 0.1) is 16.7 Å². The third-order valence-corrected chi connectivity index (χ3v) is 3.45. The topological polar surface area (TPSA) is 82.0 Å². The molecule has 0 bridgehead atoms. The van der Waals surface area contributed by atoms with Gasteiger partial charge in [0.05, 0.1) is 6.07 Å². The molecular weight excluding hydrogens is 290 g/mol. The maximum Gasteiger partial charge on any atom is 0.244 e. The molecule has 1 aromatic carbocycles. The number of nitrogens with zero attached hydrogens (tertiary/aromatic N) is 1. The monoisotopic (exact) mass is 313 g/mol. The molecule has 0 aliphatic carbocycles. The molecule has 0 aliphatic rings. The van der Waals surface area contributed by atoms with Crippen LogP contribution in [-0.4, -0.2) is 11.8 Å². The number of allylic oxidation sites excluding steroid dienone is 1. The Morgan fingerprint density at radius 3 is 2.61 bits per heavy atom. The fraction of sp³-hybridized carbons (Fsp3) is 0.389. The van der Waals surface area contributed by atoms with Crippen molar-refractivity contribution >= 4 is 17.5 Å². The van der Waals surface area contributed by atoms with Crippen LogP contribution in [0.5, 0.6) is 0 Å². The molecule has 1 aromatic rings. The van der Waals surface area contributed by atoms with Gasteiger partial charge in [-0.3, -0.25) is 9.59 Å². The van der Waals surface area contributed by atoms with E-state index < -0.39 is 0 Å². The Morgan fingerprint density at radius 2 is 2.00 bits per heavy atom. The number of carbonyl (C=O) groups excluding carboxylic acids is 2. The van der Waals surface area contributed by atoms with Gasteiger partial charge in [0, 0.05) is 18.3 Å². The van der Waals surface area contributed by atoms with Crippen LogP contribution in [0.15, 0.2) is 35.9 Å². The van der Waals surface area contributed by atoms with Crippen molar-refractivity contribution in [2.24, 2.45) is 5.41 Å². The first-order valence-corrected chi connectivity index (χ1v) is 7.44. The highest BCUT2D eigenvalue weighted by molar-refractivity contribution is 5.92. The molecule has 0 spiro atoms. The second-order valence-corrected chi connectivity index (χ2v) is 6.38. The molecule has 0 unspecified atom stereocenters. The highest BCUT2D eigenvalue weighted by atomic mass is 16.2. The summed E-state index contributed by atoms with van der Waals surface area (Å²) in [6.45, 7) is 8.47. The smallest absolute Gasteiger partial charge is 0.244 e. The minimum atomic E-state index is -0.350. The van der Waals surface area contributed by atoms with E-state index in [9.17, 15) is 9.59 Å². The van der Waals surface area contributed by atoms with Gasteiger partial charge in [0.1, 0.15) is 6.42 Å². The van der Waals surface area contributed by atoms with Crippen LogP contribution in [0.25, 0.3) is 0 Å². The fourth-order valence-corrected chi connectivity index (χ4v) is 1.69. The summed E-state index contributed by atoms with van der Waals surface area (Å²) in [7, 11) is 0. The predicted molar refractivity (Wildman–Crippen MR) is 90.4 cm³/mol. The Hall–Kier alpha value is -2.61. The lowest BCUT2D eigenvalue weighted by Crippen LogP contribution is -2.22. The van der Waals surface area contributed by atoms with Gasteiger partial charge in [-0.1, -0.05) is 38.5 Å². The van der Waals surface area contributed by atoms with Gasteiger partial charge in [0.15, 0.2) is 0 Å². The van der Waals surface area contributed by atoms with E-state index in [1.807, 2.05) is 13.0 Å². The van der Waals surface area contributed by atoms with Gasteiger partial charge in [-0.05, 0) is 30.0 Å². The molecule has 5 nitrogen and oxygen atoms in total. The van der Waals surface area contributed by atoms with Gasteiger partial charge in [-0.2, -0.15) is 5.26 Å². The highest BCUT2D eigenvalue weighted by Gasteiger charge is 2.13. The summed E-state index contributed by atoms with van der Waals surface area (Å²) in [6, 6.07) is 8.96. The SMILES string of the molecule is C/C(=C\C(=O)NCc1cccc(NC(=O)CC#N)c1)C(C)(C)C. The molecule has 0 fully saturated rings. The molecule has 0 aliphatic heterocycles. The Bertz CT molecular complexity index is 649. The third-order valence-electron chi connectivity index (χ3n) is 3.45. The first-order chi connectivity index (χ1) is 10.7. The number of nitriles is 1. The number of nitrogens with one attached hydrogen (secondary N) is 2. The van der Waals surface area contributed by atoms with Gasteiger partial charge >= 0.3 is 0 Å². The average molecular weight is 313 g/mol. The molecular formula is C18H23N3O2. The van der Waals surface area contributed by atoms with Crippen molar-refractivity contribution in [3.63, 3.8) is 0 Å². The summed E-state index contributed by atoms with van der Waals surface area (Å²) in [5.41, 5.74) is 2.45. The zero-order chi connectivity index (χ0) is 17.5. The molecule has 0 aromatic heterocycles. The van der Waals surface area contributed by atoms with Gasteiger partial charge in [0.2, 0.25) is 11.8 Å². The molecule has 2 amide bonds. The zero-order valence-corrected chi connectivity index (χ0v) is 14.1. The predicted octanol–water partition coefficient (Wildman–Crippen LogP) is 3.15. The fourth-order valence-electron chi connectivity index (χ4n) is 1.69. The van der Waals surface area contributed by atoms with Gasteiger partial charge in [-0.25, -0.2) is 0 Å². The van der Waals surface area contributed by atoms with Crippen LogP contribution in [0.1, 0.15) is 39.7 Å². The van der Waals surface area contributed by atoms with Crippen molar-refractivity contribution in [2.45, 2.75) is 40.7 Å². The Morgan fingerprint density at radius 1 is 1.30 bits per heavy atom. The van der Waals surface area contributed by atoms with Crippen molar-refractivity contribution in [1.82, 2.24) is 5.32 Å². The summed E-state index contributed by atoms with van der Waals surface area (Å²) >= 11 is 0. The van der Waals surface area contributed by atoms with Gasteiger partial charge < -0.3 is 10.6 Å². The number of anilines is 1. The summed E-state index contributed by atoms with van der Waals surface area (Å²) < 4.78 is 0. The van der Waals surface area contributed by atoms with Crippen LogP contribution >= 0.6 is 0 Å². The van der Waals surface area contributed by atoms with Crippen LogP contribution in [0.2, 0.25) is 0 Å². The van der Waals surface area contributed by atoms with E-state index in [4.69, 9.17) is 5.26 Å². The Labute approximate surface area is 137 Å². The maximum absolute atomic E-state index is 11.9. The average Bonchev–Trinajstić information content (AvgIpc) is 2.44. The van der Waals surface area contributed by atoms with E-state index in [2.05, 4.69) is 31.4 Å². The molecule has 122 valence electrons. The Balaban J connectivity index is 2.64. The largest absolute Gasteiger partial charge is 0.348 e. The number of hydrogen-bond donors (Lipinski definition) is 2. The lowest BCUT2D eigenvalue weighted by atomic mass is 9.87.